The zero-order chi connectivity index (χ0) is 22.6. The van der Waals surface area contributed by atoms with Crippen molar-refractivity contribution in [1.29, 1.82) is 0 Å². The fraction of sp³-hybridized carbons (Fsp3) is 0.435. The van der Waals surface area contributed by atoms with Crippen LogP contribution in [0.1, 0.15) is 54.6 Å². The van der Waals surface area contributed by atoms with E-state index in [-0.39, 0.29) is 29.5 Å². The Morgan fingerprint density at radius 1 is 0.933 bits per heavy atom. The number of benzene rings is 2. The molecule has 2 aromatic rings. The molecule has 1 amide bonds. The van der Waals surface area contributed by atoms with Crippen molar-refractivity contribution < 1.29 is 17.9 Å². The Bertz CT molecular complexity index is 1030. The molecule has 0 aliphatic heterocycles. The highest BCUT2D eigenvalue weighted by Crippen LogP contribution is 2.23. The van der Waals surface area contributed by atoms with Gasteiger partial charge in [-0.15, -0.1) is 0 Å². The Morgan fingerprint density at radius 2 is 1.57 bits per heavy atom. The smallest absolute Gasteiger partial charge is 0.258 e. The van der Waals surface area contributed by atoms with Gasteiger partial charge in [-0.1, -0.05) is 12.1 Å². The number of nitrogens with one attached hydrogen (secondary N) is 2. The molecule has 2 aromatic carbocycles. The van der Waals surface area contributed by atoms with Crippen molar-refractivity contribution in [1.82, 2.24) is 10.0 Å². The highest BCUT2D eigenvalue weighted by molar-refractivity contribution is 7.89. The third-order valence-electron chi connectivity index (χ3n) is 4.93. The van der Waals surface area contributed by atoms with Crippen LogP contribution in [-0.4, -0.2) is 27.0 Å². The number of ether oxygens (including phenoxy) is 1. The lowest BCUT2D eigenvalue weighted by atomic mass is 9.96. The van der Waals surface area contributed by atoms with Gasteiger partial charge in [0.1, 0.15) is 5.75 Å². The monoisotopic (exact) mass is 432 g/mol. The van der Waals surface area contributed by atoms with Gasteiger partial charge in [0.2, 0.25) is 10.0 Å². The van der Waals surface area contributed by atoms with Crippen molar-refractivity contribution in [3.8, 4) is 5.75 Å². The van der Waals surface area contributed by atoms with Gasteiger partial charge >= 0.3 is 0 Å². The number of rotatable bonds is 8. The topological polar surface area (TPSA) is 84.5 Å². The van der Waals surface area contributed by atoms with E-state index in [4.69, 9.17) is 4.74 Å². The summed E-state index contributed by atoms with van der Waals surface area (Å²) < 4.78 is 32.7. The van der Waals surface area contributed by atoms with Gasteiger partial charge in [0, 0.05) is 6.04 Å². The average Bonchev–Trinajstić information content (AvgIpc) is 2.62. The van der Waals surface area contributed by atoms with Crippen molar-refractivity contribution in [2.75, 3.05) is 6.61 Å². The van der Waals surface area contributed by atoms with Gasteiger partial charge in [-0.3, -0.25) is 4.79 Å². The minimum atomic E-state index is -3.57. The first kappa shape index (κ1) is 23.9. The number of carbonyl (C=O) groups excluding carboxylic acids is 1. The Kier molecular flexibility index (Phi) is 7.66. The third-order valence-corrected chi connectivity index (χ3v) is 6.59. The van der Waals surface area contributed by atoms with E-state index < -0.39 is 10.0 Å². The minimum Gasteiger partial charge on any atom is -0.484 e. The lowest BCUT2D eigenvalue weighted by Crippen LogP contribution is -2.32. The number of hydrogen-bond donors (Lipinski definition) is 2. The second kappa shape index (κ2) is 9.62. The van der Waals surface area contributed by atoms with Crippen molar-refractivity contribution in [3.63, 3.8) is 0 Å². The van der Waals surface area contributed by atoms with Crippen LogP contribution in [-0.2, 0) is 14.8 Å². The van der Waals surface area contributed by atoms with Crippen LogP contribution in [0.15, 0.2) is 35.2 Å². The van der Waals surface area contributed by atoms with Crippen LogP contribution in [0.4, 0.5) is 0 Å². The minimum absolute atomic E-state index is 0.142. The van der Waals surface area contributed by atoms with Crippen molar-refractivity contribution in [2.45, 2.75) is 65.4 Å². The van der Waals surface area contributed by atoms with Crippen LogP contribution in [0.25, 0.3) is 0 Å². The zero-order valence-electron chi connectivity index (χ0n) is 18.8. The van der Waals surface area contributed by atoms with Crippen LogP contribution in [0.3, 0.4) is 0 Å². The van der Waals surface area contributed by atoms with E-state index in [2.05, 4.69) is 36.0 Å². The predicted molar refractivity (Wildman–Crippen MR) is 119 cm³/mol. The Balaban J connectivity index is 2.02. The lowest BCUT2D eigenvalue weighted by molar-refractivity contribution is -0.123. The summed E-state index contributed by atoms with van der Waals surface area (Å²) in [6.07, 6.45) is 0. The first-order chi connectivity index (χ1) is 13.9. The number of hydrogen-bond acceptors (Lipinski definition) is 4. The fourth-order valence-electron chi connectivity index (χ4n) is 3.28. The summed E-state index contributed by atoms with van der Waals surface area (Å²) in [6.45, 7) is 13.2. The molecule has 0 aromatic heterocycles. The molecule has 0 saturated carbocycles. The van der Waals surface area contributed by atoms with Gasteiger partial charge in [-0.25, -0.2) is 13.1 Å². The summed E-state index contributed by atoms with van der Waals surface area (Å²) in [5, 5.41) is 2.96. The van der Waals surface area contributed by atoms with E-state index in [1.165, 1.54) is 17.2 Å². The summed E-state index contributed by atoms with van der Waals surface area (Å²) in [6, 6.07) is 8.48. The Morgan fingerprint density at radius 3 is 2.17 bits per heavy atom. The molecule has 0 spiro atoms. The molecule has 164 valence electrons. The van der Waals surface area contributed by atoms with E-state index in [0.29, 0.717) is 11.3 Å². The number of sulfonamides is 1. The van der Waals surface area contributed by atoms with Gasteiger partial charge in [-0.05, 0) is 94.5 Å². The largest absolute Gasteiger partial charge is 0.484 e. The van der Waals surface area contributed by atoms with Crippen LogP contribution in [0.2, 0.25) is 0 Å². The Hall–Kier alpha value is -2.38. The molecule has 7 heteroatoms. The van der Waals surface area contributed by atoms with Crippen LogP contribution in [0.5, 0.6) is 5.75 Å². The molecule has 6 nitrogen and oxygen atoms in total. The van der Waals surface area contributed by atoms with E-state index >= 15 is 0 Å². The highest BCUT2D eigenvalue weighted by Gasteiger charge is 2.17. The first-order valence-electron chi connectivity index (χ1n) is 10.0. The standard InChI is InChI=1S/C23H32N2O4S/c1-14(2)25-30(27,28)20-8-9-22(18(6)11-20)29-13-23(26)24-19(7)21-12-16(4)15(3)10-17(21)5/h8-12,14,19,25H,13H2,1-7H3,(H,24,26)/t19-/m0/s1. The Labute approximate surface area is 180 Å². The summed E-state index contributed by atoms with van der Waals surface area (Å²) in [4.78, 5) is 12.6. The molecule has 2 rings (SSSR count). The van der Waals surface area contributed by atoms with E-state index in [0.717, 1.165) is 11.1 Å². The maximum atomic E-state index is 12.4. The predicted octanol–water partition coefficient (Wildman–Crippen LogP) is 3.86. The SMILES string of the molecule is Cc1cc(C)c([C@H](C)NC(=O)COc2ccc(S(=O)(=O)NC(C)C)cc2C)cc1C. The average molecular weight is 433 g/mol. The number of amides is 1. The van der Waals surface area contributed by atoms with Crippen LogP contribution in [0, 0.1) is 27.7 Å². The molecule has 30 heavy (non-hydrogen) atoms. The van der Waals surface area contributed by atoms with Gasteiger partial charge in [0.25, 0.3) is 5.91 Å². The second-order valence-corrected chi connectivity index (χ2v) is 9.79. The molecule has 0 aliphatic carbocycles. The van der Waals surface area contributed by atoms with E-state index in [9.17, 15) is 13.2 Å². The second-order valence-electron chi connectivity index (χ2n) is 8.07. The molecular weight excluding hydrogens is 400 g/mol. The third kappa shape index (κ3) is 6.06. The lowest BCUT2D eigenvalue weighted by Gasteiger charge is -2.19. The van der Waals surface area contributed by atoms with E-state index in [1.807, 2.05) is 13.8 Å². The van der Waals surface area contributed by atoms with Gasteiger partial charge in [-0.2, -0.15) is 0 Å². The molecule has 0 saturated heterocycles. The van der Waals surface area contributed by atoms with Crippen LogP contribution < -0.4 is 14.8 Å². The molecule has 0 unspecified atom stereocenters. The van der Waals surface area contributed by atoms with Gasteiger partial charge < -0.3 is 10.1 Å². The molecule has 2 N–H and O–H groups in total. The zero-order valence-corrected chi connectivity index (χ0v) is 19.6. The normalized spacial score (nSPS) is 12.7. The summed E-state index contributed by atoms with van der Waals surface area (Å²) in [5.41, 5.74) is 5.27. The number of carbonyl (C=O) groups is 1. The summed E-state index contributed by atoms with van der Waals surface area (Å²) in [5.74, 6) is 0.237. The van der Waals surface area contributed by atoms with Gasteiger partial charge in [0.05, 0.1) is 10.9 Å². The summed E-state index contributed by atoms with van der Waals surface area (Å²) in [7, 11) is -3.57. The molecular formula is C23H32N2O4S. The molecule has 0 radical (unpaired) electrons. The van der Waals surface area contributed by atoms with Gasteiger partial charge in [0.15, 0.2) is 6.61 Å². The molecule has 0 heterocycles. The molecule has 0 fully saturated rings. The first-order valence-corrected chi connectivity index (χ1v) is 11.5. The molecule has 0 aliphatic rings. The quantitative estimate of drug-likeness (QED) is 0.663. The van der Waals surface area contributed by atoms with Crippen molar-refractivity contribution >= 4 is 15.9 Å². The highest BCUT2D eigenvalue weighted by atomic mass is 32.2. The maximum Gasteiger partial charge on any atom is 0.258 e. The van der Waals surface area contributed by atoms with Crippen molar-refractivity contribution in [3.05, 3.63) is 58.1 Å². The molecule has 1 atom stereocenters. The number of aryl methyl sites for hydroxylation is 4. The summed E-state index contributed by atoms with van der Waals surface area (Å²) >= 11 is 0. The van der Waals surface area contributed by atoms with Crippen molar-refractivity contribution in [2.24, 2.45) is 0 Å². The fourth-order valence-corrected chi connectivity index (χ4v) is 4.62. The van der Waals surface area contributed by atoms with E-state index in [1.54, 1.807) is 32.9 Å². The molecule has 0 bridgehead atoms. The maximum absolute atomic E-state index is 12.4. The van der Waals surface area contributed by atoms with Crippen LogP contribution >= 0.6 is 0 Å².